The molecule has 8 heteroatoms. The molecule has 140 valence electrons. The molecule has 0 aliphatic carbocycles. The molecular formula is C19H17ClFN3O3. The lowest BCUT2D eigenvalue weighted by Crippen LogP contribution is -2.23. The van der Waals surface area contributed by atoms with Crippen LogP contribution in [0, 0.1) is 5.82 Å². The van der Waals surface area contributed by atoms with Crippen molar-refractivity contribution in [2.24, 2.45) is 0 Å². The number of nitrogens with zero attached hydrogens (tertiary/aromatic N) is 2. The molecular weight excluding hydrogens is 373 g/mol. The third-order valence-corrected chi connectivity index (χ3v) is 4.22. The number of rotatable bonds is 6. The fraction of sp³-hybridized carbons (Fsp3) is 0.158. The van der Waals surface area contributed by atoms with Crippen molar-refractivity contribution in [3.05, 3.63) is 75.5 Å². The largest absolute Gasteiger partial charge is 0.493 e. The van der Waals surface area contributed by atoms with Gasteiger partial charge in [0, 0.05) is 18.9 Å². The minimum Gasteiger partial charge on any atom is -0.493 e. The monoisotopic (exact) mass is 389 g/mol. The molecule has 0 amide bonds. The van der Waals surface area contributed by atoms with Crippen molar-refractivity contribution in [2.45, 2.75) is 6.54 Å². The summed E-state index contributed by atoms with van der Waals surface area (Å²) in [6, 6.07) is 9.52. The average Bonchev–Trinajstić information content (AvgIpc) is 2.69. The van der Waals surface area contributed by atoms with Gasteiger partial charge in [-0.05, 0) is 35.9 Å². The highest BCUT2D eigenvalue weighted by molar-refractivity contribution is 6.30. The van der Waals surface area contributed by atoms with Crippen LogP contribution in [0.2, 0.25) is 5.02 Å². The number of halogens is 2. The lowest BCUT2D eigenvalue weighted by molar-refractivity contribution is 0.354. The molecule has 0 saturated carbocycles. The maximum Gasteiger partial charge on any atom is 0.297 e. The molecule has 1 heterocycles. The number of anilines is 1. The van der Waals surface area contributed by atoms with Gasteiger partial charge in [-0.1, -0.05) is 17.7 Å². The molecule has 6 nitrogen and oxygen atoms in total. The van der Waals surface area contributed by atoms with E-state index < -0.39 is 5.82 Å². The van der Waals surface area contributed by atoms with Crippen molar-refractivity contribution < 1.29 is 13.9 Å². The molecule has 0 aliphatic heterocycles. The van der Waals surface area contributed by atoms with Gasteiger partial charge in [0.1, 0.15) is 5.82 Å². The van der Waals surface area contributed by atoms with Gasteiger partial charge < -0.3 is 14.8 Å². The summed E-state index contributed by atoms with van der Waals surface area (Å²) >= 11 is 5.81. The van der Waals surface area contributed by atoms with E-state index in [2.05, 4.69) is 10.3 Å². The van der Waals surface area contributed by atoms with Crippen molar-refractivity contribution in [3.8, 4) is 17.2 Å². The molecule has 0 atom stereocenters. The van der Waals surface area contributed by atoms with Gasteiger partial charge in [-0.3, -0.25) is 9.36 Å². The average molecular weight is 390 g/mol. The summed E-state index contributed by atoms with van der Waals surface area (Å²) in [6.45, 7) is 0.358. The van der Waals surface area contributed by atoms with Gasteiger partial charge in [-0.2, -0.15) is 0 Å². The zero-order chi connectivity index (χ0) is 19.4. The predicted octanol–water partition coefficient (Wildman–Crippen LogP) is 3.65. The van der Waals surface area contributed by atoms with Crippen LogP contribution >= 0.6 is 11.6 Å². The summed E-state index contributed by atoms with van der Waals surface area (Å²) in [7, 11) is 3.12. The number of nitrogens with one attached hydrogen (secondary N) is 1. The minimum atomic E-state index is -0.547. The molecule has 0 radical (unpaired) electrons. The second-order valence-corrected chi connectivity index (χ2v) is 6.00. The molecule has 3 rings (SSSR count). The number of aromatic nitrogens is 2. The van der Waals surface area contributed by atoms with E-state index in [4.69, 9.17) is 21.1 Å². The molecule has 0 spiro atoms. The lowest BCUT2D eigenvalue weighted by Gasteiger charge is -2.11. The fourth-order valence-corrected chi connectivity index (χ4v) is 2.72. The van der Waals surface area contributed by atoms with E-state index in [1.807, 2.05) is 12.1 Å². The topological polar surface area (TPSA) is 65.4 Å². The maximum atomic E-state index is 13.4. The molecule has 2 aromatic carbocycles. The maximum absolute atomic E-state index is 13.4. The highest BCUT2D eigenvalue weighted by Gasteiger charge is 2.10. The van der Waals surface area contributed by atoms with Crippen LogP contribution in [0.5, 0.6) is 11.5 Å². The van der Waals surface area contributed by atoms with Crippen molar-refractivity contribution in [3.63, 3.8) is 0 Å². The normalized spacial score (nSPS) is 10.5. The summed E-state index contributed by atoms with van der Waals surface area (Å²) in [6.07, 6.45) is 2.98. The van der Waals surface area contributed by atoms with Gasteiger partial charge in [0.25, 0.3) is 5.56 Å². The number of methoxy groups -OCH3 is 2. The van der Waals surface area contributed by atoms with Crippen molar-refractivity contribution >= 4 is 17.4 Å². The van der Waals surface area contributed by atoms with Gasteiger partial charge in [0.15, 0.2) is 17.3 Å². The summed E-state index contributed by atoms with van der Waals surface area (Å²) in [5.74, 6) is 0.827. The van der Waals surface area contributed by atoms with Gasteiger partial charge >= 0.3 is 0 Å². The molecule has 27 heavy (non-hydrogen) atoms. The van der Waals surface area contributed by atoms with Crippen molar-refractivity contribution in [1.82, 2.24) is 9.55 Å². The Labute approximate surface area is 160 Å². The number of hydrogen-bond donors (Lipinski definition) is 1. The number of ether oxygens (including phenoxy) is 2. The van der Waals surface area contributed by atoms with Crippen LogP contribution in [0.3, 0.4) is 0 Å². The molecule has 1 N–H and O–H groups in total. The van der Waals surface area contributed by atoms with E-state index in [0.29, 0.717) is 23.7 Å². The zero-order valence-corrected chi connectivity index (χ0v) is 15.5. The van der Waals surface area contributed by atoms with Crippen LogP contribution < -0.4 is 20.3 Å². The van der Waals surface area contributed by atoms with Gasteiger partial charge in [-0.15, -0.1) is 0 Å². The van der Waals surface area contributed by atoms with E-state index >= 15 is 0 Å². The van der Waals surface area contributed by atoms with E-state index in [9.17, 15) is 9.18 Å². The van der Waals surface area contributed by atoms with Gasteiger partial charge in [-0.25, -0.2) is 9.37 Å². The first-order chi connectivity index (χ1) is 13.0. The van der Waals surface area contributed by atoms with E-state index in [1.54, 1.807) is 20.3 Å². The smallest absolute Gasteiger partial charge is 0.297 e. The van der Waals surface area contributed by atoms with Crippen LogP contribution in [0.25, 0.3) is 5.69 Å². The van der Waals surface area contributed by atoms with Gasteiger partial charge in [0.2, 0.25) is 0 Å². The first-order valence-electron chi connectivity index (χ1n) is 8.01. The van der Waals surface area contributed by atoms with Crippen LogP contribution in [0.4, 0.5) is 10.2 Å². The number of hydrogen-bond acceptors (Lipinski definition) is 5. The summed E-state index contributed by atoms with van der Waals surface area (Å²) in [4.78, 5) is 16.8. The Balaban J connectivity index is 1.84. The van der Waals surface area contributed by atoms with Crippen molar-refractivity contribution in [1.29, 1.82) is 0 Å². The molecule has 0 unspecified atom stereocenters. The lowest BCUT2D eigenvalue weighted by atomic mass is 10.2. The third-order valence-electron chi connectivity index (χ3n) is 3.93. The summed E-state index contributed by atoms with van der Waals surface area (Å²) in [5, 5.41) is 2.95. The molecule has 0 aliphatic rings. The number of benzene rings is 2. The van der Waals surface area contributed by atoms with Crippen LogP contribution in [-0.2, 0) is 6.54 Å². The van der Waals surface area contributed by atoms with Crippen LogP contribution in [-0.4, -0.2) is 23.8 Å². The minimum absolute atomic E-state index is 0.0592. The van der Waals surface area contributed by atoms with E-state index in [1.165, 1.54) is 35.2 Å². The Bertz CT molecular complexity index is 1020. The third kappa shape index (κ3) is 4.03. The Morgan fingerprint density at radius 2 is 1.93 bits per heavy atom. The molecule has 3 aromatic rings. The van der Waals surface area contributed by atoms with Crippen molar-refractivity contribution in [2.75, 3.05) is 19.5 Å². The standard InChI is InChI=1S/C19H17ClFN3O3/c1-26-16-6-3-12(9-17(16)27-2)11-23-18-19(25)24(8-7-22-18)13-4-5-15(21)14(20)10-13/h3-10H,11H2,1-2H3,(H,22,23). The molecule has 0 saturated heterocycles. The first-order valence-corrected chi connectivity index (χ1v) is 8.39. The second-order valence-electron chi connectivity index (χ2n) is 5.59. The van der Waals surface area contributed by atoms with Crippen LogP contribution in [0.15, 0.2) is 53.6 Å². The van der Waals surface area contributed by atoms with Gasteiger partial charge in [0.05, 0.1) is 24.9 Å². The van der Waals surface area contributed by atoms with Crippen LogP contribution in [0.1, 0.15) is 5.56 Å². The second kappa shape index (κ2) is 8.09. The Kier molecular flexibility index (Phi) is 5.61. The Morgan fingerprint density at radius 3 is 2.63 bits per heavy atom. The molecule has 1 aromatic heterocycles. The zero-order valence-electron chi connectivity index (χ0n) is 14.7. The van der Waals surface area contributed by atoms with E-state index in [-0.39, 0.29) is 16.4 Å². The molecule has 0 bridgehead atoms. The fourth-order valence-electron chi connectivity index (χ4n) is 2.55. The van der Waals surface area contributed by atoms with E-state index in [0.717, 1.165) is 5.56 Å². The first kappa shape index (κ1) is 18.7. The summed E-state index contributed by atoms with van der Waals surface area (Å²) in [5.41, 5.74) is 0.956. The SMILES string of the molecule is COc1ccc(CNc2nccn(-c3ccc(F)c(Cl)c3)c2=O)cc1OC. The quantitative estimate of drug-likeness (QED) is 0.697. The highest BCUT2D eigenvalue weighted by atomic mass is 35.5. The predicted molar refractivity (Wildman–Crippen MR) is 102 cm³/mol. The highest BCUT2D eigenvalue weighted by Crippen LogP contribution is 2.27. The Hall–Kier alpha value is -3.06. The Morgan fingerprint density at radius 1 is 1.15 bits per heavy atom. The summed E-state index contributed by atoms with van der Waals surface area (Å²) < 4.78 is 25.2. The molecule has 0 fully saturated rings.